The van der Waals surface area contributed by atoms with Gasteiger partial charge in [0.1, 0.15) is 22.5 Å². The molecule has 38 heavy (non-hydrogen) atoms. The van der Waals surface area contributed by atoms with Crippen LogP contribution in [0.3, 0.4) is 0 Å². The van der Waals surface area contributed by atoms with E-state index in [1.807, 2.05) is 18.2 Å². The Morgan fingerprint density at radius 2 is 1.68 bits per heavy atom. The predicted molar refractivity (Wildman–Crippen MR) is 146 cm³/mol. The smallest absolute Gasteiger partial charge is 0.246 e. The highest BCUT2D eigenvalue weighted by Gasteiger charge is 2.32. The number of aromatic nitrogens is 2. The summed E-state index contributed by atoms with van der Waals surface area (Å²) in [5.41, 5.74) is 1.19. The van der Waals surface area contributed by atoms with E-state index >= 15 is 0 Å². The third-order valence-corrected chi connectivity index (χ3v) is 9.11. The summed E-state index contributed by atoms with van der Waals surface area (Å²) in [6.45, 7) is 5.25. The summed E-state index contributed by atoms with van der Waals surface area (Å²) >= 11 is 6.07. The molecule has 2 aliphatic rings. The minimum Gasteiger partial charge on any atom is -0.495 e. The predicted octanol–water partition coefficient (Wildman–Crippen LogP) is 3.69. The zero-order valence-electron chi connectivity index (χ0n) is 21.4. The monoisotopic (exact) mass is 557 g/mol. The van der Waals surface area contributed by atoms with E-state index in [0.717, 1.165) is 44.4 Å². The molecule has 202 valence electrons. The van der Waals surface area contributed by atoms with Gasteiger partial charge in [0.15, 0.2) is 0 Å². The minimum atomic E-state index is -3.72. The maximum absolute atomic E-state index is 13.3. The second kappa shape index (κ2) is 11.9. The van der Waals surface area contributed by atoms with E-state index in [1.54, 1.807) is 24.5 Å². The van der Waals surface area contributed by atoms with Gasteiger partial charge in [-0.2, -0.15) is 4.31 Å². The number of benzene rings is 2. The van der Waals surface area contributed by atoms with Crippen molar-refractivity contribution in [1.29, 1.82) is 0 Å². The Morgan fingerprint density at radius 3 is 2.39 bits per heavy atom. The van der Waals surface area contributed by atoms with Crippen LogP contribution in [-0.2, 0) is 16.6 Å². The molecule has 9 nitrogen and oxygen atoms in total. The van der Waals surface area contributed by atoms with Crippen LogP contribution in [0, 0.1) is 0 Å². The molecular formula is C27H32ClN5O4S. The first-order valence-corrected chi connectivity index (χ1v) is 14.6. The van der Waals surface area contributed by atoms with Gasteiger partial charge in [-0.25, -0.2) is 18.4 Å². The number of rotatable bonds is 8. The molecule has 2 aliphatic heterocycles. The Bertz CT molecular complexity index is 1330. The molecule has 0 radical (unpaired) electrons. The second-order valence-electron chi connectivity index (χ2n) is 9.48. The lowest BCUT2D eigenvalue weighted by atomic mass is 10.1. The van der Waals surface area contributed by atoms with Gasteiger partial charge < -0.3 is 14.4 Å². The molecule has 0 saturated carbocycles. The topological polar surface area (TPSA) is 88.1 Å². The summed E-state index contributed by atoms with van der Waals surface area (Å²) in [6.07, 6.45) is 4.72. The molecule has 0 bridgehead atoms. The Morgan fingerprint density at radius 1 is 0.947 bits per heavy atom. The average molecular weight is 558 g/mol. The summed E-state index contributed by atoms with van der Waals surface area (Å²) in [5, 5.41) is 0.356. The third-order valence-electron chi connectivity index (χ3n) is 6.96. The standard InChI is InChI=1S/C27H32ClN5O4S/c1-36-25-7-6-22(28)19-26(25)38(34,35)33-12-8-23(9-13-33)37-24-5-2-4-21(18-24)20-31-14-16-32(17-15-31)27-29-10-3-11-30-27/h2-7,10-11,18-19,23H,8-9,12-17,20H2,1H3. The van der Waals surface area contributed by atoms with E-state index < -0.39 is 10.0 Å². The molecule has 0 N–H and O–H groups in total. The number of sulfonamides is 1. The zero-order chi connectivity index (χ0) is 26.5. The van der Waals surface area contributed by atoms with Crippen LogP contribution in [0.15, 0.2) is 65.8 Å². The van der Waals surface area contributed by atoms with Crippen molar-refractivity contribution in [2.24, 2.45) is 0 Å². The Hall–Kier alpha value is -2.92. The number of hydrogen-bond donors (Lipinski definition) is 0. The van der Waals surface area contributed by atoms with Crippen molar-refractivity contribution in [1.82, 2.24) is 19.2 Å². The van der Waals surface area contributed by atoms with E-state index in [4.69, 9.17) is 21.1 Å². The highest BCUT2D eigenvalue weighted by Crippen LogP contribution is 2.31. The van der Waals surface area contributed by atoms with Crippen molar-refractivity contribution in [3.63, 3.8) is 0 Å². The summed E-state index contributed by atoms with van der Waals surface area (Å²) in [7, 11) is -2.26. The van der Waals surface area contributed by atoms with Crippen LogP contribution in [0.25, 0.3) is 0 Å². The quantitative estimate of drug-likeness (QED) is 0.414. The van der Waals surface area contributed by atoms with Gasteiger partial charge in [0.05, 0.1) is 7.11 Å². The highest BCUT2D eigenvalue weighted by molar-refractivity contribution is 7.89. The largest absolute Gasteiger partial charge is 0.495 e. The number of halogens is 1. The lowest BCUT2D eigenvalue weighted by Gasteiger charge is -2.34. The van der Waals surface area contributed by atoms with Crippen LogP contribution in [0.5, 0.6) is 11.5 Å². The molecule has 0 spiro atoms. The normalized spacial score (nSPS) is 17.9. The molecular weight excluding hydrogens is 526 g/mol. The second-order valence-corrected chi connectivity index (χ2v) is 11.8. The lowest BCUT2D eigenvalue weighted by molar-refractivity contribution is 0.135. The van der Waals surface area contributed by atoms with Gasteiger partial charge in [-0.15, -0.1) is 0 Å². The van der Waals surface area contributed by atoms with Gasteiger partial charge >= 0.3 is 0 Å². The number of methoxy groups -OCH3 is 1. The molecule has 1 aromatic heterocycles. The fourth-order valence-electron chi connectivity index (χ4n) is 4.91. The van der Waals surface area contributed by atoms with Gasteiger partial charge in [-0.1, -0.05) is 23.7 Å². The van der Waals surface area contributed by atoms with Gasteiger partial charge in [-0.3, -0.25) is 4.90 Å². The third kappa shape index (κ3) is 6.20. The van der Waals surface area contributed by atoms with Gasteiger partial charge in [-0.05, 0) is 54.8 Å². The van der Waals surface area contributed by atoms with E-state index in [9.17, 15) is 8.42 Å². The average Bonchev–Trinajstić information content (AvgIpc) is 2.94. The molecule has 2 saturated heterocycles. The van der Waals surface area contributed by atoms with Crippen molar-refractivity contribution >= 4 is 27.6 Å². The van der Waals surface area contributed by atoms with E-state index in [0.29, 0.717) is 36.7 Å². The first-order valence-electron chi connectivity index (χ1n) is 12.8. The molecule has 5 rings (SSSR count). The van der Waals surface area contributed by atoms with Crippen molar-refractivity contribution in [3.8, 4) is 11.5 Å². The molecule has 3 aromatic rings. The number of nitrogens with zero attached hydrogens (tertiary/aromatic N) is 5. The van der Waals surface area contributed by atoms with E-state index in [2.05, 4.69) is 31.9 Å². The molecule has 0 atom stereocenters. The lowest BCUT2D eigenvalue weighted by Crippen LogP contribution is -2.46. The molecule has 2 aromatic carbocycles. The molecule has 11 heteroatoms. The first-order chi connectivity index (χ1) is 18.4. The number of ether oxygens (including phenoxy) is 2. The van der Waals surface area contributed by atoms with Gasteiger partial charge in [0.25, 0.3) is 0 Å². The Balaban J connectivity index is 1.14. The number of hydrogen-bond acceptors (Lipinski definition) is 8. The van der Waals surface area contributed by atoms with Crippen molar-refractivity contribution < 1.29 is 17.9 Å². The number of piperazine rings is 1. The molecule has 0 amide bonds. The Labute approximate surface area is 229 Å². The summed E-state index contributed by atoms with van der Waals surface area (Å²) in [6, 6.07) is 14.7. The van der Waals surface area contributed by atoms with Crippen LogP contribution in [0.4, 0.5) is 5.95 Å². The zero-order valence-corrected chi connectivity index (χ0v) is 22.9. The van der Waals surface area contributed by atoms with Crippen LogP contribution >= 0.6 is 11.6 Å². The first kappa shape index (κ1) is 26.7. The molecule has 0 unspecified atom stereocenters. The summed E-state index contributed by atoms with van der Waals surface area (Å²) in [5.74, 6) is 1.89. The fraction of sp³-hybridized carbons (Fsp3) is 0.407. The highest BCUT2D eigenvalue weighted by atomic mass is 35.5. The molecule has 2 fully saturated rings. The number of anilines is 1. The van der Waals surface area contributed by atoms with Crippen LogP contribution in [0.1, 0.15) is 18.4 Å². The van der Waals surface area contributed by atoms with Gasteiger partial charge in [0, 0.05) is 63.2 Å². The van der Waals surface area contributed by atoms with E-state index in [-0.39, 0.29) is 11.0 Å². The molecule has 0 aliphatic carbocycles. The van der Waals surface area contributed by atoms with Crippen molar-refractivity contribution in [3.05, 3.63) is 71.5 Å². The van der Waals surface area contributed by atoms with Crippen molar-refractivity contribution in [2.75, 3.05) is 51.3 Å². The summed E-state index contributed by atoms with van der Waals surface area (Å²) in [4.78, 5) is 13.4. The number of piperidine rings is 1. The van der Waals surface area contributed by atoms with Gasteiger partial charge in [0.2, 0.25) is 16.0 Å². The van der Waals surface area contributed by atoms with Crippen LogP contribution in [-0.4, -0.2) is 80.1 Å². The maximum Gasteiger partial charge on any atom is 0.246 e. The summed E-state index contributed by atoms with van der Waals surface area (Å²) < 4.78 is 39.5. The molecule has 3 heterocycles. The van der Waals surface area contributed by atoms with Crippen LogP contribution in [0.2, 0.25) is 5.02 Å². The van der Waals surface area contributed by atoms with Crippen LogP contribution < -0.4 is 14.4 Å². The van der Waals surface area contributed by atoms with E-state index in [1.165, 1.54) is 23.0 Å². The SMILES string of the molecule is COc1ccc(Cl)cc1S(=O)(=O)N1CCC(Oc2cccc(CN3CCN(c4ncccn4)CC3)c2)CC1. The van der Waals surface area contributed by atoms with Crippen molar-refractivity contribution in [2.45, 2.75) is 30.4 Å². The Kier molecular flexibility index (Phi) is 8.32. The minimum absolute atomic E-state index is 0.0487. The maximum atomic E-state index is 13.3. The fourth-order valence-corrected chi connectivity index (χ4v) is 6.80.